The Morgan fingerprint density at radius 3 is 3.05 bits per heavy atom. The molecule has 100 valence electrons. The lowest BCUT2D eigenvalue weighted by molar-refractivity contribution is -0.133. The third-order valence-electron chi connectivity index (χ3n) is 2.82. The predicted molar refractivity (Wildman–Crippen MR) is 71.3 cm³/mol. The molecule has 19 heavy (non-hydrogen) atoms. The zero-order chi connectivity index (χ0) is 12.7. The number of ether oxygens (including phenoxy) is 1. The fraction of sp³-hybridized carbons (Fsp3) is 0.333. The molecule has 0 unspecified atom stereocenters. The van der Waals surface area contributed by atoms with Crippen LogP contribution in [0.15, 0.2) is 21.3 Å². The zero-order valence-electron chi connectivity index (χ0n) is 10.3. The van der Waals surface area contributed by atoms with Crippen molar-refractivity contribution in [1.82, 2.24) is 0 Å². The monoisotopic (exact) mass is 280 g/mol. The van der Waals surface area contributed by atoms with Gasteiger partial charge in [0.2, 0.25) is 0 Å². The van der Waals surface area contributed by atoms with E-state index in [0.29, 0.717) is 23.2 Å². The number of hydrogen-bond donors (Lipinski definition) is 1. The average molecular weight is 281 g/mol. The minimum Gasteiger partial charge on any atom is -0.420 e. The van der Waals surface area contributed by atoms with Crippen LogP contribution in [-0.2, 0) is 11.2 Å². The first kappa shape index (κ1) is 13.6. The molecule has 0 saturated carbocycles. The van der Waals surface area contributed by atoms with Crippen LogP contribution in [0.1, 0.15) is 12.5 Å². The van der Waals surface area contributed by atoms with E-state index in [2.05, 4.69) is 15.2 Å². The van der Waals surface area contributed by atoms with Gasteiger partial charge in [-0.1, -0.05) is 0 Å². The second-order valence-electron chi connectivity index (χ2n) is 4.47. The van der Waals surface area contributed by atoms with E-state index >= 15 is 0 Å². The molecule has 1 atom stereocenters. The van der Waals surface area contributed by atoms with Gasteiger partial charge in [-0.05, 0) is 25.0 Å². The third-order valence-corrected chi connectivity index (χ3v) is 2.82. The number of rotatable bonds is 2. The molecule has 6 nitrogen and oxygen atoms in total. The highest BCUT2D eigenvalue weighted by Gasteiger charge is 2.21. The van der Waals surface area contributed by atoms with E-state index in [-0.39, 0.29) is 31.0 Å². The maximum atomic E-state index is 11.3. The van der Waals surface area contributed by atoms with Crippen LogP contribution < -0.4 is 21.0 Å². The Balaban J connectivity index is 0.00000133. The first-order chi connectivity index (χ1) is 8.65. The second kappa shape index (κ2) is 5.07. The fourth-order valence-corrected chi connectivity index (χ4v) is 2.13. The lowest BCUT2D eigenvalue weighted by atomic mass is 10.0. The van der Waals surface area contributed by atoms with Crippen LogP contribution in [0.4, 0.5) is 5.69 Å². The number of nitrogens with zero attached hydrogens (tertiary/aromatic N) is 3. The standard InChI is InChI=1S/C12H12N4O2.ClH/c1-6(13)2-7-3-8-4-15-16-11(8)12-10(7)14-5-9(17)18-12;/h3-4,6H,2,5,13H2,1H3;1H/t6-;/m0./s1. The first-order valence-corrected chi connectivity index (χ1v) is 5.73. The lowest BCUT2D eigenvalue weighted by Crippen LogP contribution is -2.31. The van der Waals surface area contributed by atoms with Crippen molar-refractivity contribution in [3.63, 3.8) is 0 Å². The molecule has 0 fully saturated rings. The topological polar surface area (TPSA) is 89.4 Å². The third kappa shape index (κ3) is 2.36. The van der Waals surface area contributed by atoms with Gasteiger partial charge in [-0.3, -0.25) is 4.99 Å². The van der Waals surface area contributed by atoms with Crippen molar-refractivity contribution in [3.8, 4) is 5.75 Å². The van der Waals surface area contributed by atoms with Crippen molar-refractivity contribution in [3.05, 3.63) is 22.2 Å². The predicted octanol–water partition coefficient (Wildman–Crippen LogP) is 0.372. The highest BCUT2D eigenvalue weighted by atomic mass is 35.5. The van der Waals surface area contributed by atoms with Crippen LogP contribution in [-0.4, -0.2) is 18.6 Å². The Labute approximate surface area is 115 Å². The number of carbonyl (C=O) groups is 1. The van der Waals surface area contributed by atoms with Gasteiger partial charge in [-0.2, -0.15) is 5.11 Å². The molecule has 7 heteroatoms. The maximum absolute atomic E-state index is 11.3. The highest BCUT2D eigenvalue weighted by molar-refractivity contribution is 5.85. The molecular weight excluding hydrogens is 268 g/mol. The molecule has 0 bridgehead atoms. The minimum atomic E-state index is -0.371. The van der Waals surface area contributed by atoms with Crippen LogP contribution in [0, 0.1) is 0 Å². The summed E-state index contributed by atoms with van der Waals surface area (Å²) in [6.45, 7) is 1.96. The fourth-order valence-electron chi connectivity index (χ4n) is 2.13. The number of benzene rings is 1. The van der Waals surface area contributed by atoms with E-state index in [1.807, 2.05) is 13.0 Å². The van der Waals surface area contributed by atoms with E-state index in [4.69, 9.17) is 10.5 Å². The Morgan fingerprint density at radius 2 is 2.32 bits per heavy atom. The van der Waals surface area contributed by atoms with Crippen LogP contribution in [0.3, 0.4) is 0 Å². The molecule has 2 aliphatic heterocycles. The maximum Gasteiger partial charge on any atom is 0.333 e. The van der Waals surface area contributed by atoms with E-state index < -0.39 is 0 Å². The number of halogens is 1. The normalized spacial score (nSPS) is 16.4. The van der Waals surface area contributed by atoms with Crippen LogP contribution >= 0.6 is 12.4 Å². The number of nitrogens with two attached hydrogens (primary N) is 1. The van der Waals surface area contributed by atoms with Gasteiger partial charge in [0.25, 0.3) is 0 Å². The molecule has 0 saturated heterocycles. The number of hydrogen-bond acceptors (Lipinski definition) is 6. The van der Waals surface area contributed by atoms with Crippen molar-refractivity contribution in [2.75, 3.05) is 6.54 Å². The van der Waals surface area contributed by atoms with E-state index in [0.717, 1.165) is 10.8 Å². The van der Waals surface area contributed by atoms with Gasteiger partial charge in [0.15, 0.2) is 5.75 Å². The molecule has 0 radical (unpaired) electrons. The highest BCUT2D eigenvalue weighted by Crippen LogP contribution is 2.25. The largest absolute Gasteiger partial charge is 0.420 e. The van der Waals surface area contributed by atoms with Crippen molar-refractivity contribution in [2.24, 2.45) is 21.0 Å². The lowest BCUT2D eigenvalue weighted by Gasteiger charge is -2.14. The molecule has 2 N–H and O–H groups in total. The SMILES string of the molecule is C[C@H](N)Cc1cc2c(c3c1=NCC(=O)O3)N=NC=2.Cl. The van der Waals surface area contributed by atoms with Gasteiger partial charge in [0.05, 0.1) is 6.20 Å². The molecule has 1 aromatic rings. The second-order valence-corrected chi connectivity index (χ2v) is 4.47. The quantitative estimate of drug-likeness (QED) is 0.627. The summed E-state index contributed by atoms with van der Waals surface area (Å²) < 4.78 is 5.25. The summed E-state index contributed by atoms with van der Waals surface area (Å²) in [5, 5.41) is 9.33. The van der Waals surface area contributed by atoms with Crippen molar-refractivity contribution < 1.29 is 9.53 Å². The van der Waals surface area contributed by atoms with Crippen molar-refractivity contribution >= 4 is 30.3 Å². The first-order valence-electron chi connectivity index (χ1n) is 5.73. The Kier molecular flexibility index (Phi) is 3.64. The molecule has 0 amide bonds. The average Bonchev–Trinajstić information content (AvgIpc) is 2.76. The number of fused-ring (bicyclic) bond motifs is 3. The number of azo groups is 1. The molecule has 2 aliphatic rings. The summed E-state index contributed by atoms with van der Waals surface area (Å²) in [4.78, 5) is 15.6. The van der Waals surface area contributed by atoms with Crippen molar-refractivity contribution in [2.45, 2.75) is 19.4 Å². The summed E-state index contributed by atoms with van der Waals surface area (Å²) in [7, 11) is 0. The Morgan fingerprint density at radius 1 is 1.53 bits per heavy atom. The summed E-state index contributed by atoms with van der Waals surface area (Å²) in [5.41, 5.74) is 7.37. The van der Waals surface area contributed by atoms with Gasteiger partial charge >= 0.3 is 5.97 Å². The molecule has 0 aliphatic carbocycles. The smallest absolute Gasteiger partial charge is 0.333 e. The van der Waals surface area contributed by atoms with Gasteiger partial charge in [0, 0.05) is 11.3 Å². The van der Waals surface area contributed by atoms with Crippen LogP contribution in [0.2, 0.25) is 0 Å². The van der Waals surface area contributed by atoms with Crippen LogP contribution in [0.25, 0.3) is 6.20 Å². The van der Waals surface area contributed by atoms with E-state index in [1.165, 1.54) is 0 Å². The Bertz CT molecular complexity index is 682. The summed E-state index contributed by atoms with van der Waals surface area (Å²) >= 11 is 0. The number of carbonyl (C=O) groups excluding carboxylic acids is 1. The molecule has 0 spiro atoms. The Hall–Kier alpha value is -1.79. The molecule has 2 heterocycles. The van der Waals surface area contributed by atoms with E-state index in [9.17, 15) is 4.79 Å². The van der Waals surface area contributed by atoms with Crippen LogP contribution in [0.5, 0.6) is 5.75 Å². The van der Waals surface area contributed by atoms with E-state index in [1.54, 1.807) is 6.20 Å². The van der Waals surface area contributed by atoms with Gasteiger partial charge in [-0.25, -0.2) is 4.79 Å². The number of esters is 1. The molecule has 0 aromatic heterocycles. The summed E-state index contributed by atoms with van der Waals surface area (Å²) in [5.74, 6) is 0.0432. The molecule has 1 aromatic carbocycles. The molecule has 3 rings (SSSR count). The summed E-state index contributed by atoms with van der Waals surface area (Å²) in [6.07, 6.45) is 2.31. The van der Waals surface area contributed by atoms with Gasteiger partial charge < -0.3 is 10.5 Å². The van der Waals surface area contributed by atoms with Gasteiger partial charge in [0.1, 0.15) is 17.6 Å². The minimum absolute atomic E-state index is 0. The van der Waals surface area contributed by atoms with Gasteiger partial charge in [-0.15, -0.1) is 17.5 Å². The van der Waals surface area contributed by atoms with Crippen molar-refractivity contribution in [1.29, 1.82) is 0 Å². The summed E-state index contributed by atoms with van der Waals surface area (Å²) in [6, 6.07) is 1.97. The molecular formula is C12H13ClN4O2. The zero-order valence-corrected chi connectivity index (χ0v) is 11.1.